The number of aromatic nitrogens is 1. The highest BCUT2D eigenvalue weighted by Crippen LogP contribution is 2.35. The standard InChI is InChI=1S/C38H41FN8O7/c1-4-46(17-15-42-36(52)32-20(2)28(43-21(32)3)19-25-24-18-22(39)8-9-26(24)44-34(25)50)16-14-41-30(48)12-13-40-27-7-5-6-23-33(27)38(54)47(37(23)53)29-10-11-31(49)45-35(29)51/h5-9,18-19,29,40,43H,4,10-17H2,1-3H3,(H,41,48)(H,42,52)(H,44,50)(H,45,49,51)/b25-19-. The molecular formula is C38H41FN8O7. The van der Waals surface area contributed by atoms with Crippen molar-refractivity contribution in [3.05, 3.63) is 81.4 Å². The van der Waals surface area contributed by atoms with Gasteiger partial charge >= 0.3 is 0 Å². The fourth-order valence-corrected chi connectivity index (χ4v) is 6.97. The summed E-state index contributed by atoms with van der Waals surface area (Å²) in [4.78, 5) is 94.8. The maximum atomic E-state index is 13.9. The molecule has 0 radical (unpaired) electrons. The molecule has 2 aromatic carbocycles. The van der Waals surface area contributed by atoms with E-state index in [1.165, 1.54) is 24.3 Å². The number of nitrogens with zero attached hydrogens (tertiary/aromatic N) is 2. The average Bonchev–Trinajstić information content (AvgIpc) is 3.70. The van der Waals surface area contributed by atoms with Crippen molar-refractivity contribution in [2.75, 3.05) is 49.9 Å². The number of fused-ring (bicyclic) bond motifs is 2. The number of carbonyl (C=O) groups is 7. The minimum Gasteiger partial charge on any atom is -0.384 e. The maximum Gasteiger partial charge on any atom is 0.264 e. The summed E-state index contributed by atoms with van der Waals surface area (Å²) < 4.78 is 13.9. The molecule has 54 heavy (non-hydrogen) atoms. The molecule has 15 nitrogen and oxygen atoms in total. The van der Waals surface area contributed by atoms with Crippen LogP contribution < -0.4 is 26.6 Å². The monoisotopic (exact) mass is 740 g/mol. The van der Waals surface area contributed by atoms with Crippen LogP contribution in [0.25, 0.3) is 11.6 Å². The number of hydrogen-bond donors (Lipinski definition) is 6. The quantitative estimate of drug-likeness (QED) is 0.106. The van der Waals surface area contributed by atoms with E-state index in [2.05, 4.69) is 36.5 Å². The number of hydrogen-bond acceptors (Lipinski definition) is 9. The lowest BCUT2D eigenvalue weighted by atomic mass is 10.0. The number of anilines is 2. The molecule has 0 spiro atoms. The third-order valence-corrected chi connectivity index (χ3v) is 9.80. The summed E-state index contributed by atoms with van der Waals surface area (Å²) in [6.07, 6.45) is 1.79. The second-order valence-electron chi connectivity index (χ2n) is 13.3. The normalized spacial score (nSPS) is 17.1. The zero-order valence-electron chi connectivity index (χ0n) is 30.1. The molecule has 7 amide bonds. The predicted molar refractivity (Wildman–Crippen MR) is 197 cm³/mol. The molecule has 282 valence electrons. The Morgan fingerprint density at radius 2 is 1.72 bits per heavy atom. The van der Waals surface area contributed by atoms with Crippen LogP contribution in [0.3, 0.4) is 0 Å². The number of aromatic amines is 1. The van der Waals surface area contributed by atoms with Crippen LogP contribution in [0.1, 0.15) is 79.8 Å². The third kappa shape index (κ3) is 7.64. The Kier molecular flexibility index (Phi) is 11.0. The van der Waals surface area contributed by atoms with Gasteiger partial charge in [-0.05, 0) is 68.8 Å². The lowest BCUT2D eigenvalue weighted by molar-refractivity contribution is -0.136. The first-order valence-corrected chi connectivity index (χ1v) is 17.8. The molecule has 3 aromatic rings. The first-order valence-electron chi connectivity index (χ1n) is 17.8. The second-order valence-corrected chi connectivity index (χ2v) is 13.3. The maximum absolute atomic E-state index is 13.9. The number of likely N-dealkylation sites (N-methyl/N-ethyl adjacent to an activating group) is 1. The van der Waals surface area contributed by atoms with Gasteiger partial charge in [-0.1, -0.05) is 13.0 Å². The smallest absolute Gasteiger partial charge is 0.264 e. The van der Waals surface area contributed by atoms with Crippen LogP contribution in [0.2, 0.25) is 0 Å². The van der Waals surface area contributed by atoms with Gasteiger partial charge in [-0.3, -0.25) is 43.8 Å². The fourth-order valence-electron chi connectivity index (χ4n) is 6.97. The van der Waals surface area contributed by atoms with Crippen LogP contribution in [0.15, 0.2) is 36.4 Å². The summed E-state index contributed by atoms with van der Waals surface area (Å²) in [5, 5.41) is 13.8. The Balaban J connectivity index is 0.943. The molecule has 3 aliphatic rings. The van der Waals surface area contributed by atoms with Gasteiger partial charge in [0.1, 0.15) is 11.9 Å². The molecule has 0 aliphatic carbocycles. The summed E-state index contributed by atoms with van der Waals surface area (Å²) in [5.74, 6) is -3.68. The van der Waals surface area contributed by atoms with Gasteiger partial charge in [0.05, 0.1) is 22.3 Å². The first kappa shape index (κ1) is 37.6. The summed E-state index contributed by atoms with van der Waals surface area (Å²) in [5.41, 5.74) is 4.26. The number of benzene rings is 2. The van der Waals surface area contributed by atoms with Crippen LogP contribution in [0.5, 0.6) is 0 Å². The summed E-state index contributed by atoms with van der Waals surface area (Å²) in [6, 6.07) is 7.76. The number of imide groups is 2. The van der Waals surface area contributed by atoms with Crippen LogP contribution in [0.4, 0.5) is 15.8 Å². The van der Waals surface area contributed by atoms with Crippen LogP contribution >= 0.6 is 0 Å². The Morgan fingerprint density at radius 1 is 0.963 bits per heavy atom. The number of halogens is 1. The van der Waals surface area contributed by atoms with Crippen LogP contribution in [0, 0.1) is 19.7 Å². The summed E-state index contributed by atoms with van der Waals surface area (Å²) in [7, 11) is 0. The van der Waals surface area contributed by atoms with Crippen molar-refractivity contribution in [2.24, 2.45) is 0 Å². The van der Waals surface area contributed by atoms with E-state index in [1.807, 2.05) is 6.92 Å². The number of aryl methyl sites for hydroxylation is 1. The van der Waals surface area contributed by atoms with E-state index >= 15 is 0 Å². The largest absolute Gasteiger partial charge is 0.384 e. The highest BCUT2D eigenvalue weighted by Gasteiger charge is 2.45. The zero-order valence-corrected chi connectivity index (χ0v) is 30.1. The van der Waals surface area contributed by atoms with E-state index < -0.39 is 35.5 Å². The second kappa shape index (κ2) is 15.8. The van der Waals surface area contributed by atoms with Crippen molar-refractivity contribution < 1.29 is 38.0 Å². The van der Waals surface area contributed by atoms with Crippen molar-refractivity contribution in [1.82, 2.24) is 30.7 Å². The van der Waals surface area contributed by atoms with Gasteiger partial charge in [-0.25, -0.2) is 4.39 Å². The molecule has 4 heterocycles. The minimum absolute atomic E-state index is 0.0243. The predicted octanol–water partition coefficient (Wildman–Crippen LogP) is 2.33. The molecular weight excluding hydrogens is 699 g/mol. The van der Waals surface area contributed by atoms with Gasteiger partial charge in [-0.15, -0.1) is 0 Å². The van der Waals surface area contributed by atoms with Gasteiger partial charge in [0.25, 0.3) is 23.6 Å². The van der Waals surface area contributed by atoms with Gasteiger partial charge in [0.2, 0.25) is 17.7 Å². The lowest BCUT2D eigenvalue weighted by Gasteiger charge is -2.27. The van der Waals surface area contributed by atoms with Crippen LogP contribution in [-0.2, 0) is 19.2 Å². The van der Waals surface area contributed by atoms with Gasteiger partial charge in [-0.2, -0.15) is 0 Å². The van der Waals surface area contributed by atoms with Crippen molar-refractivity contribution in [3.63, 3.8) is 0 Å². The van der Waals surface area contributed by atoms with E-state index in [0.29, 0.717) is 77.7 Å². The molecule has 1 atom stereocenters. The fraction of sp³-hybridized carbons (Fsp3) is 0.342. The molecule has 0 saturated carbocycles. The average molecular weight is 741 g/mol. The number of carbonyl (C=O) groups excluding carboxylic acids is 7. The van der Waals surface area contributed by atoms with Gasteiger partial charge in [0, 0.05) is 73.9 Å². The number of nitrogens with one attached hydrogen (secondary N) is 6. The van der Waals surface area contributed by atoms with Crippen molar-refractivity contribution in [3.8, 4) is 0 Å². The molecule has 6 rings (SSSR count). The molecule has 1 fully saturated rings. The number of rotatable bonds is 14. The van der Waals surface area contributed by atoms with Gasteiger partial charge in [0.15, 0.2) is 0 Å². The highest BCUT2D eigenvalue weighted by atomic mass is 19.1. The van der Waals surface area contributed by atoms with Crippen molar-refractivity contribution in [2.45, 2.75) is 46.1 Å². The summed E-state index contributed by atoms with van der Waals surface area (Å²) >= 11 is 0. The van der Waals surface area contributed by atoms with E-state index in [4.69, 9.17) is 0 Å². The topological polar surface area (TPSA) is 202 Å². The first-order chi connectivity index (χ1) is 25.9. The number of H-pyrrole nitrogens is 1. The molecule has 16 heteroatoms. The highest BCUT2D eigenvalue weighted by molar-refractivity contribution is 6.35. The zero-order chi connectivity index (χ0) is 38.7. The Bertz CT molecular complexity index is 2110. The molecule has 1 aromatic heterocycles. The van der Waals surface area contributed by atoms with Crippen LogP contribution in [-0.4, -0.2) is 101 Å². The Hall–Kier alpha value is -6.16. The van der Waals surface area contributed by atoms with Crippen molar-refractivity contribution >= 4 is 64.4 Å². The lowest BCUT2D eigenvalue weighted by Crippen LogP contribution is -2.54. The molecule has 1 unspecified atom stereocenters. The third-order valence-electron chi connectivity index (χ3n) is 9.80. The molecule has 1 saturated heterocycles. The number of amides is 7. The molecule has 0 bridgehead atoms. The van der Waals surface area contributed by atoms with E-state index in [-0.39, 0.29) is 54.7 Å². The molecule has 6 N–H and O–H groups in total. The van der Waals surface area contributed by atoms with E-state index in [0.717, 1.165) is 4.90 Å². The number of piperidine rings is 1. The SMILES string of the molecule is CCN(CCNC(=O)CCNc1cccc2c1C(=O)N(C1CCC(=O)NC1=O)C2=O)CCNC(=O)c1c(C)[nH]c(/C=C2\C(=O)Nc3ccc(F)cc32)c1C. The Labute approximate surface area is 310 Å². The summed E-state index contributed by atoms with van der Waals surface area (Å²) in [6.45, 7) is 8.17. The minimum atomic E-state index is -1.07. The van der Waals surface area contributed by atoms with Crippen molar-refractivity contribution in [1.29, 1.82) is 0 Å². The van der Waals surface area contributed by atoms with Gasteiger partial charge < -0.3 is 31.2 Å². The Morgan fingerprint density at radius 3 is 2.46 bits per heavy atom. The molecule has 3 aliphatic heterocycles. The van der Waals surface area contributed by atoms with E-state index in [1.54, 1.807) is 32.1 Å². The van der Waals surface area contributed by atoms with E-state index in [9.17, 15) is 38.0 Å².